The Hall–Kier alpha value is -1.92. The fourth-order valence-corrected chi connectivity index (χ4v) is 1.12. The average molecular weight is 240 g/mol. The molecule has 0 aliphatic carbocycles. The number of carboxylic acids is 1. The second-order valence-corrected chi connectivity index (χ2v) is 3.39. The van der Waals surface area contributed by atoms with E-state index in [4.69, 9.17) is 15.3 Å². The van der Waals surface area contributed by atoms with Crippen LogP contribution in [0.4, 0.5) is 0 Å². The van der Waals surface area contributed by atoms with Crippen LogP contribution in [0, 0.1) is 0 Å². The lowest BCUT2D eigenvalue weighted by Crippen LogP contribution is -2.29. The van der Waals surface area contributed by atoms with Crippen molar-refractivity contribution < 1.29 is 29.6 Å². The van der Waals surface area contributed by atoms with E-state index in [-0.39, 0.29) is 11.1 Å². The van der Waals surface area contributed by atoms with Crippen molar-refractivity contribution in [3.63, 3.8) is 0 Å². The van der Waals surface area contributed by atoms with Gasteiger partial charge in [-0.1, -0.05) is 12.1 Å². The molecule has 1 aromatic rings. The van der Waals surface area contributed by atoms with Crippen molar-refractivity contribution in [1.29, 1.82) is 0 Å². The minimum Gasteiger partial charge on any atom is -0.478 e. The Labute approximate surface area is 97.1 Å². The highest BCUT2D eigenvalue weighted by atomic mass is 16.6. The smallest absolute Gasteiger partial charge is 0.341 e. The predicted molar refractivity (Wildman–Crippen MR) is 56.5 cm³/mol. The molecule has 0 bridgehead atoms. The minimum atomic E-state index is -1.69. The lowest BCUT2D eigenvalue weighted by atomic mass is 10.1. The molecule has 1 aromatic carbocycles. The lowest BCUT2D eigenvalue weighted by molar-refractivity contribution is -0.123. The first-order valence-electron chi connectivity index (χ1n) is 4.83. The van der Waals surface area contributed by atoms with Crippen LogP contribution in [0.5, 0.6) is 0 Å². The van der Waals surface area contributed by atoms with Crippen molar-refractivity contribution in [1.82, 2.24) is 0 Å². The number of carbonyl (C=O) groups excluding carboxylic acids is 1. The van der Waals surface area contributed by atoms with Crippen LogP contribution < -0.4 is 0 Å². The van der Waals surface area contributed by atoms with Gasteiger partial charge < -0.3 is 20.1 Å². The van der Waals surface area contributed by atoms with E-state index in [1.165, 1.54) is 31.2 Å². The van der Waals surface area contributed by atoms with Gasteiger partial charge in [-0.3, -0.25) is 0 Å². The second kappa shape index (κ2) is 5.42. The minimum absolute atomic E-state index is 0.181. The summed E-state index contributed by atoms with van der Waals surface area (Å²) in [6.07, 6.45) is -2.94. The molecule has 17 heavy (non-hydrogen) atoms. The first-order valence-corrected chi connectivity index (χ1v) is 4.83. The normalized spacial score (nSPS) is 13.8. The summed E-state index contributed by atoms with van der Waals surface area (Å²) < 4.78 is 4.49. The molecule has 0 radical (unpaired) electrons. The van der Waals surface area contributed by atoms with Crippen LogP contribution in [0.15, 0.2) is 24.3 Å². The standard InChI is InChI=1S/C11H12O6/c1-6(12)10(15)17-11(16)8-5-3-2-4-7(8)9(13)14/h2-6,10,12,15H,1H3,(H,13,14). The third kappa shape index (κ3) is 3.27. The highest BCUT2D eigenvalue weighted by Gasteiger charge is 2.21. The Balaban J connectivity index is 2.93. The largest absolute Gasteiger partial charge is 0.478 e. The number of carbonyl (C=O) groups is 2. The van der Waals surface area contributed by atoms with E-state index >= 15 is 0 Å². The zero-order valence-corrected chi connectivity index (χ0v) is 9.03. The molecule has 0 fully saturated rings. The molecule has 0 aromatic heterocycles. The highest BCUT2D eigenvalue weighted by molar-refractivity contribution is 6.02. The van der Waals surface area contributed by atoms with Crippen LogP contribution in [0.3, 0.4) is 0 Å². The van der Waals surface area contributed by atoms with E-state index in [2.05, 4.69) is 4.74 Å². The van der Waals surface area contributed by atoms with Gasteiger partial charge in [-0.25, -0.2) is 9.59 Å². The van der Waals surface area contributed by atoms with Crippen molar-refractivity contribution in [2.45, 2.75) is 19.3 Å². The number of aliphatic hydroxyl groups excluding tert-OH is 2. The van der Waals surface area contributed by atoms with Crippen LogP contribution in [0.2, 0.25) is 0 Å². The molecule has 6 heteroatoms. The van der Waals surface area contributed by atoms with E-state index in [1.54, 1.807) is 0 Å². The van der Waals surface area contributed by atoms with Crippen LogP contribution in [0.25, 0.3) is 0 Å². The molecule has 6 nitrogen and oxygen atoms in total. The van der Waals surface area contributed by atoms with Gasteiger partial charge >= 0.3 is 11.9 Å². The van der Waals surface area contributed by atoms with Crippen LogP contribution in [0.1, 0.15) is 27.6 Å². The van der Waals surface area contributed by atoms with Crippen molar-refractivity contribution >= 4 is 11.9 Å². The number of benzene rings is 1. The summed E-state index contributed by atoms with van der Waals surface area (Å²) in [6, 6.07) is 5.44. The third-order valence-electron chi connectivity index (χ3n) is 2.02. The molecular formula is C11H12O6. The Morgan fingerprint density at radius 1 is 1.18 bits per heavy atom. The first kappa shape index (κ1) is 13.1. The summed E-state index contributed by atoms with van der Waals surface area (Å²) in [5, 5.41) is 26.9. The topological polar surface area (TPSA) is 104 Å². The second-order valence-electron chi connectivity index (χ2n) is 3.39. The molecule has 3 N–H and O–H groups in total. The highest BCUT2D eigenvalue weighted by Crippen LogP contribution is 2.11. The third-order valence-corrected chi connectivity index (χ3v) is 2.02. The van der Waals surface area contributed by atoms with Gasteiger partial charge in [0.15, 0.2) is 0 Å². The van der Waals surface area contributed by atoms with Crippen molar-refractivity contribution in [2.75, 3.05) is 0 Å². The zero-order chi connectivity index (χ0) is 13.0. The van der Waals surface area contributed by atoms with Crippen LogP contribution in [-0.2, 0) is 4.74 Å². The maximum Gasteiger partial charge on any atom is 0.341 e. The van der Waals surface area contributed by atoms with Gasteiger partial charge in [-0.2, -0.15) is 0 Å². The van der Waals surface area contributed by atoms with E-state index in [9.17, 15) is 9.59 Å². The fourth-order valence-electron chi connectivity index (χ4n) is 1.12. The molecule has 2 atom stereocenters. The molecule has 0 amide bonds. The van der Waals surface area contributed by atoms with Gasteiger partial charge in [0.25, 0.3) is 0 Å². The Bertz CT molecular complexity index is 426. The summed E-state index contributed by atoms with van der Waals surface area (Å²) in [4.78, 5) is 22.4. The first-order chi connectivity index (χ1) is 7.93. The number of aliphatic hydroxyl groups is 2. The fraction of sp³-hybridized carbons (Fsp3) is 0.273. The number of esters is 1. The summed E-state index contributed by atoms with van der Waals surface area (Å²) in [5.74, 6) is -2.28. The number of hydrogen-bond acceptors (Lipinski definition) is 5. The molecular weight excluding hydrogens is 228 g/mol. The molecule has 0 saturated heterocycles. The molecule has 0 spiro atoms. The Kier molecular flexibility index (Phi) is 4.19. The van der Waals surface area contributed by atoms with Gasteiger partial charge in [0.1, 0.15) is 6.10 Å². The number of ether oxygens (including phenoxy) is 1. The monoisotopic (exact) mass is 240 g/mol. The van der Waals surface area contributed by atoms with Crippen molar-refractivity contribution in [3.8, 4) is 0 Å². The Morgan fingerprint density at radius 3 is 2.18 bits per heavy atom. The molecule has 0 heterocycles. The van der Waals surface area contributed by atoms with E-state index in [1.807, 2.05) is 0 Å². The molecule has 0 saturated carbocycles. The van der Waals surface area contributed by atoms with Crippen LogP contribution >= 0.6 is 0 Å². The number of aromatic carboxylic acids is 1. The summed E-state index contributed by atoms with van der Waals surface area (Å²) in [5.41, 5.74) is -0.407. The average Bonchev–Trinajstić information content (AvgIpc) is 2.28. The number of rotatable bonds is 4. The summed E-state index contributed by atoms with van der Waals surface area (Å²) in [6.45, 7) is 1.24. The van der Waals surface area contributed by atoms with Crippen molar-refractivity contribution in [2.24, 2.45) is 0 Å². The molecule has 2 unspecified atom stereocenters. The summed E-state index contributed by atoms with van der Waals surface area (Å²) >= 11 is 0. The predicted octanol–water partition coefficient (Wildman–Crippen LogP) is 0.241. The van der Waals surface area contributed by atoms with Gasteiger partial charge in [0, 0.05) is 0 Å². The molecule has 0 aliphatic rings. The molecule has 92 valence electrons. The van der Waals surface area contributed by atoms with Gasteiger partial charge in [0.05, 0.1) is 11.1 Å². The molecule has 1 rings (SSSR count). The van der Waals surface area contributed by atoms with E-state index in [0.29, 0.717) is 0 Å². The lowest BCUT2D eigenvalue weighted by Gasteiger charge is -2.14. The van der Waals surface area contributed by atoms with Gasteiger partial charge in [-0.15, -0.1) is 0 Å². The molecule has 0 aliphatic heterocycles. The number of hydrogen-bond donors (Lipinski definition) is 3. The van der Waals surface area contributed by atoms with E-state index < -0.39 is 24.3 Å². The van der Waals surface area contributed by atoms with Gasteiger partial charge in [0.2, 0.25) is 6.29 Å². The maximum absolute atomic E-state index is 11.5. The zero-order valence-electron chi connectivity index (χ0n) is 9.03. The maximum atomic E-state index is 11.5. The van der Waals surface area contributed by atoms with Crippen LogP contribution in [-0.4, -0.2) is 39.7 Å². The quantitative estimate of drug-likeness (QED) is 0.514. The number of carboxylic acid groups (broad SMARTS) is 1. The Morgan fingerprint density at radius 2 is 1.71 bits per heavy atom. The van der Waals surface area contributed by atoms with Gasteiger partial charge in [-0.05, 0) is 19.1 Å². The summed E-state index contributed by atoms with van der Waals surface area (Å²) in [7, 11) is 0. The van der Waals surface area contributed by atoms with E-state index in [0.717, 1.165) is 0 Å². The van der Waals surface area contributed by atoms with Crippen molar-refractivity contribution in [3.05, 3.63) is 35.4 Å². The SMILES string of the molecule is CC(O)C(O)OC(=O)c1ccccc1C(=O)O.